The topological polar surface area (TPSA) is 59.7 Å². The second-order valence-corrected chi connectivity index (χ2v) is 17.8. The van der Waals surface area contributed by atoms with Crippen LogP contribution in [0.2, 0.25) is 18.1 Å². The number of aliphatic hydroxyl groups is 1. The average Bonchev–Trinajstić information content (AvgIpc) is 3.14. The molecular formula is C26H42O4Si. The molecule has 0 unspecified atom stereocenters. The van der Waals surface area contributed by atoms with Crippen LogP contribution in [-0.4, -0.2) is 31.9 Å². The predicted octanol–water partition coefficient (Wildman–Crippen LogP) is 5.88. The fourth-order valence-electron chi connectivity index (χ4n) is 7.32. The van der Waals surface area contributed by atoms with E-state index in [4.69, 9.17) is 8.84 Å². The zero-order valence-electron chi connectivity index (χ0n) is 20.8. The number of fused-ring (bicyclic) bond motifs is 5. The molecule has 0 radical (unpaired) electrons. The van der Waals surface area contributed by atoms with E-state index in [0.29, 0.717) is 18.9 Å². The summed E-state index contributed by atoms with van der Waals surface area (Å²) in [4.78, 5) is 13.5. The number of carbonyl (C=O) groups is 1. The minimum absolute atomic E-state index is 0.00269. The highest BCUT2D eigenvalue weighted by Gasteiger charge is 2.65. The first-order valence-corrected chi connectivity index (χ1v) is 15.0. The SMILES string of the molecule is CC(C)(C)[Si](C)(C)OC[C@@]1(C)C(=O)[C@H](O)C[C@@]2(C)[C@H]1CC[C@@]1(C)c3cocc3CC[C@H]21. The fraction of sp³-hybridized carbons (Fsp3) is 0.808. The lowest BCUT2D eigenvalue weighted by Gasteiger charge is -2.64. The largest absolute Gasteiger partial charge is 0.472 e. The van der Waals surface area contributed by atoms with Gasteiger partial charge in [0.15, 0.2) is 14.1 Å². The van der Waals surface area contributed by atoms with Gasteiger partial charge in [-0.1, -0.05) is 41.5 Å². The van der Waals surface area contributed by atoms with Crippen molar-refractivity contribution in [1.82, 2.24) is 0 Å². The van der Waals surface area contributed by atoms with Crippen molar-refractivity contribution >= 4 is 14.1 Å². The lowest BCUT2D eigenvalue weighted by molar-refractivity contribution is -0.179. The molecule has 0 aromatic carbocycles. The summed E-state index contributed by atoms with van der Waals surface area (Å²) in [5.41, 5.74) is 2.01. The number of aliphatic hydroxyl groups excluding tert-OH is 1. The summed E-state index contributed by atoms with van der Waals surface area (Å²) in [5, 5.41) is 11.1. The lowest BCUT2D eigenvalue weighted by Crippen LogP contribution is -2.65. The molecule has 1 N–H and O–H groups in total. The van der Waals surface area contributed by atoms with Gasteiger partial charge in [-0.25, -0.2) is 0 Å². The molecule has 5 heteroatoms. The standard InChI is InChI=1S/C26H42O4Si/c1-23(2,3)31(7,8)30-16-26(6)21-11-12-24(4)18-15-29-14-17(18)9-10-20(24)25(21,5)13-19(27)22(26)28/h14-15,19-21,27H,9-13,16H2,1-8H3/t19-,20+,21-,24+,25-,26-/m1/s1. The van der Waals surface area contributed by atoms with Gasteiger partial charge in [0.25, 0.3) is 0 Å². The second-order valence-electron chi connectivity index (χ2n) is 13.0. The maximum absolute atomic E-state index is 13.5. The van der Waals surface area contributed by atoms with E-state index in [1.54, 1.807) is 0 Å². The first kappa shape index (κ1) is 23.3. The molecular weight excluding hydrogens is 404 g/mol. The van der Waals surface area contributed by atoms with Crippen LogP contribution in [0.1, 0.15) is 78.4 Å². The number of hydrogen-bond acceptors (Lipinski definition) is 4. The number of hydrogen-bond donors (Lipinski definition) is 1. The minimum Gasteiger partial charge on any atom is -0.472 e. The van der Waals surface area contributed by atoms with Crippen LogP contribution < -0.4 is 0 Å². The summed E-state index contributed by atoms with van der Waals surface area (Å²) in [6, 6.07) is 0. The van der Waals surface area contributed by atoms with Crippen LogP contribution in [0.5, 0.6) is 0 Å². The van der Waals surface area contributed by atoms with Gasteiger partial charge in [0, 0.05) is 6.61 Å². The molecule has 3 aliphatic carbocycles. The molecule has 3 aliphatic rings. The fourth-order valence-corrected chi connectivity index (χ4v) is 8.41. The molecule has 2 fully saturated rings. The third-order valence-corrected chi connectivity index (χ3v) is 14.7. The Morgan fingerprint density at radius 1 is 1.16 bits per heavy atom. The second kappa shape index (κ2) is 7.04. The Hall–Kier alpha value is -0.913. The molecule has 1 aromatic rings. The van der Waals surface area contributed by atoms with Crippen molar-refractivity contribution in [2.24, 2.45) is 22.7 Å². The third-order valence-electron chi connectivity index (χ3n) is 10.2. The van der Waals surface area contributed by atoms with E-state index in [2.05, 4.69) is 54.6 Å². The summed E-state index contributed by atoms with van der Waals surface area (Å²) in [5.74, 6) is 0.656. The number of Topliss-reactive ketones (excluding diaryl/α,β-unsaturated/α-hetero) is 1. The third kappa shape index (κ3) is 3.25. The molecule has 0 aliphatic heterocycles. The summed E-state index contributed by atoms with van der Waals surface area (Å²) < 4.78 is 12.3. The lowest BCUT2D eigenvalue weighted by atomic mass is 9.40. The maximum atomic E-state index is 13.5. The predicted molar refractivity (Wildman–Crippen MR) is 126 cm³/mol. The maximum Gasteiger partial charge on any atom is 0.192 e. The van der Waals surface area contributed by atoms with E-state index in [1.165, 1.54) is 11.1 Å². The molecule has 4 rings (SSSR count). The van der Waals surface area contributed by atoms with Crippen LogP contribution in [0.15, 0.2) is 16.9 Å². The molecule has 174 valence electrons. The van der Waals surface area contributed by atoms with Gasteiger partial charge >= 0.3 is 0 Å². The number of furan rings is 1. The van der Waals surface area contributed by atoms with Gasteiger partial charge in [-0.2, -0.15) is 0 Å². The normalized spacial score (nSPS) is 40.8. The summed E-state index contributed by atoms with van der Waals surface area (Å²) >= 11 is 0. The van der Waals surface area contributed by atoms with E-state index in [0.717, 1.165) is 25.7 Å². The number of rotatable bonds is 3. The van der Waals surface area contributed by atoms with Gasteiger partial charge in [0.1, 0.15) is 6.10 Å². The first-order chi connectivity index (χ1) is 14.2. The van der Waals surface area contributed by atoms with Crippen LogP contribution in [0.3, 0.4) is 0 Å². The van der Waals surface area contributed by atoms with Crippen LogP contribution in [0.4, 0.5) is 0 Å². The Balaban J connectivity index is 1.70. The molecule has 31 heavy (non-hydrogen) atoms. The van der Waals surface area contributed by atoms with E-state index in [9.17, 15) is 9.90 Å². The number of aryl methyl sites for hydroxylation is 1. The smallest absolute Gasteiger partial charge is 0.192 e. The van der Waals surface area contributed by atoms with Crippen LogP contribution in [0, 0.1) is 22.7 Å². The molecule has 0 saturated heterocycles. The summed E-state index contributed by atoms with van der Waals surface area (Å²) in [6.07, 6.45) is 7.71. The zero-order valence-corrected chi connectivity index (χ0v) is 21.8. The van der Waals surface area contributed by atoms with Crippen molar-refractivity contribution in [3.8, 4) is 0 Å². The van der Waals surface area contributed by atoms with E-state index < -0.39 is 19.8 Å². The Kier molecular flexibility index (Phi) is 5.28. The van der Waals surface area contributed by atoms with Crippen LogP contribution in [-0.2, 0) is 21.1 Å². The number of carbonyl (C=O) groups excluding carboxylic acids is 1. The zero-order chi connectivity index (χ0) is 23.0. The monoisotopic (exact) mass is 446 g/mol. The van der Waals surface area contributed by atoms with Crippen LogP contribution >= 0.6 is 0 Å². The average molecular weight is 447 g/mol. The van der Waals surface area contributed by atoms with Crippen LogP contribution in [0.25, 0.3) is 0 Å². The van der Waals surface area contributed by atoms with Gasteiger partial charge in [-0.15, -0.1) is 0 Å². The van der Waals surface area contributed by atoms with Crippen molar-refractivity contribution in [1.29, 1.82) is 0 Å². The Bertz CT molecular complexity index is 867. The van der Waals surface area contributed by atoms with E-state index >= 15 is 0 Å². The molecule has 1 heterocycles. The molecule has 0 spiro atoms. The molecule has 0 bridgehead atoms. The summed E-state index contributed by atoms with van der Waals surface area (Å²) in [7, 11) is -2.00. The van der Waals surface area contributed by atoms with E-state index in [-0.39, 0.29) is 27.6 Å². The number of ketones is 1. The Morgan fingerprint density at radius 2 is 1.84 bits per heavy atom. The molecule has 1 aromatic heterocycles. The highest BCUT2D eigenvalue weighted by Crippen LogP contribution is 2.66. The van der Waals surface area contributed by atoms with Gasteiger partial charge < -0.3 is 13.9 Å². The minimum atomic E-state index is -2.00. The van der Waals surface area contributed by atoms with Gasteiger partial charge in [-0.3, -0.25) is 4.79 Å². The van der Waals surface area contributed by atoms with Gasteiger partial charge in [0.05, 0.1) is 17.9 Å². The van der Waals surface area contributed by atoms with Crippen molar-refractivity contribution in [3.05, 3.63) is 23.7 Å². The Labute approximate surface area is 189 Å². The van der Waals surface area contributed by atoms with Crippen molar-refractivity contribution in [3.63, 3.8) is 0 Å². The quantitative estimate of drug-likeness (QED) is 0.589. The molecule has 2 saturated carbocycles. The van der Waals surface area contributed by atoms with Gasteiger partial charge in [-0.05, 0) is 84.0 Å². The van der Waals surface area contributed by atoms with Crippen molar-refractivity contribution in [2.75, 3.05) is 6.61 Å². The molecule has 4 nitrogen and oxygen atoms in total. The summed E-state index contributed by atoms with van der Waals surface area (Å²) in [6.45, 7) is 18.5. The molecule has 6 atom stereocenters. The van der Waals surface area contributed by atoms with Gasteiger partial charge in [0.2, 0.25) is 0 Å². The van der Waals surface area contributed by atoms with Crippen molar-refractivity contribution in [2.45, 2.75) is 103 Å². The first-order valence-electron chi connectivity index (χ1n) is 12.1. The Morgan fingerprint density at radius 3 is 2.48 bits per heavy atom. The van der Waals surface area contributed by atoms with E-state index in [1.807, 2.05) is 12.5 Å². The highest BCUT2D eigenvalue weighted by atomic mass is 28.4. The van der Waals surface area contributed by atoms with Crippen molar-refractivity contribution < 1.29 is 18.7 Å². The highest BCUT2D eigenvalue weighted by molar-refractivity contribution is 6.74. The molecule has 0 amide bonds.